The van der Waals surface area contributed by atoms with Gasteiger partial charge in [0.1, 0.15) is 17.7 Å². The zero-order valence-corrected chi connectivity index (χ0v) is 19.3. The Bertz CT molecular complexity index is 1250. The number of ether oxygens (including phenoxy) is 1. The molecule has 34 heavy (non-hydrogen) atoms. The van der Waals surface area contributed by atoms with E-state index in [0.717, 1.165) is 10.9 Å². The van der Waals surface area contributed by atoms with Gasteiger partial charge in [0.2, 0.25) is 6.43 Å². The number of hydrogen-bond donors (Lipinski definition) is 3. The predicted octanol–water partition coefficient (Wildman–Crippen LogP) is 3.57. The van der Waals surface area contributed by atoms with Crippen LogP contribution in [-0.4, -0.2) is 34.0 Å². The van der Waals surface area contributed by atoms with Gasteiger partial charge in [0.25, 0.3) is 11.5 Å². The zero-order chi connectivity index (χ0) is 25.0. The third kappa shape index (κ3) is 5.68. The summed E-state index contributed by atoms with van der Waals surface area (Å²) < 4.78 is 31.3. The topological polar surface area (TPSA) is 138 Å². The number of hydrogen-bond acceptors (Lipinski definition) is 7. The van der Waals surface area contributed by atoms with Crippen LogP contribution in [-0.2, 0) is 11.3 Å². The van der Waals surface area contributed by atoms with E-state index in [1.807, 2.05) is 0 Å². The van der Waals surface area contributed by atoms with E-state index in [2.05, 4.69) is 15.3 Å². The Morgan fingerprint density at radius 3 is 2.53 bits per heavy atom. The summed E-state index contributed by atoms with van der Waals surface area (Å²) in [5.74, 6) is -1.23. The molecule has 0 unspecified atom stereocenters. The quantitative estimate of drug-likeness (QED) is 0.419. The van der Waals surface area contributed by atoms with Crippen LogP contribution in [0.2, 0.25) is 10.0 Å². The molecule has 2 heterocycles. The maximum Gasteiger partial charge on any atom is 0.273 e. The molecular formula is C21H20Cl2F2N6O3. The summed E-state index contributed by atoms with van der Waals surface area (Å²) in [5.41, 5.74) is 11.4. The minimum Gasteiger partial charge on any atom is -0.383 e. The summed E-state index contributed by atoms with van der Waals surface area (Å²) >= 11 is 12.7. The molecule has 2 aromatic heterocycles. The van der Waals surface area contributed by atoms with Crippen molar-refractivity contribution in [1.82, 2.24) is 14.5 Å². The van der Waals surface area contributed by atoms with Gasteiger partial charge >= 0.3 is 0 Å². The summed E-state index contributed by atoms with van der Waals surface area (Å²) in [6.45, 7) is 0.246. The molecule has 180 valence electrons. The molecule has 5 N–H and O–H groups in total. The van der Waals surface area contributed by atoms with Gasteiger partial charge in [-0.1, -0.05) is 23.2 Å². The van der Waals surface area contributed by atoms with Crippen LogP contribution >= 0.6 is 23.2 Å². The number of alkyl halides is 2. The molecule has 0 bridgehead atoms. The van der Waals surface area contributed by atoms with Crippen LogP contribution in [0, 0.1) is 0 Å². The first-order valence-electron chi connectivity index (χ1n) is 9.76. The van der Waals surface area contributed by atoms with Crippen molar-refractivity contribution in [3.63, 3.8) is 0 Å². The highest BCUT2D eigenvalue weighted by atomic mass is 35.5. The smallest absolute Gasteiger partial charge is 0.273 e. The number of carbonyl (C=O) groups is 1. The number of methoxy groups -OCH3 is 1. The molecule has 0 aliphatic heterocycles. The van der Waals surface area contributed by atoms with Gasteiger partial charge < -0.3 is 21.5 Å². The molecule has 13 heteroatoms. The molecule has 0 saturated heterocycles. The fourth-order valence-electron chi connectivity index (χ4n) is 3.19. The van der Waals surface area contributed by atoms with Crippen LogP contribution < -0.4 is 22.3 Å². The number of nitrogen functional groups attached to an aromatic ring is 1. The normalized spacial score (nSPS) is 12.1. The molecule has 0 fully saturated rings. The second kappa shape index (κ2) is 10.9. The molecule has 3 rings (SSSR count). The third-order valence-corrected chi connectivity index (χ3v) is 5.31. The largest absolute Gasteiger partial charge is 0.383 e. The van der Waals surface area contributed by atoms with Crippen LogP contribution in [0.1, 0.15) is 33.9 Å². The van der Waals surface area contributed by atoms with Crippen molar-refractivity contribution >= 4 is 40.6 Å². The highest BCUT2D eigenvalue weighted by Gasteiger charge is 2.22. The second-order valence-corrected chi connectivity index (χ2v) is 8.03. The van der Waals surface area contributed by atoms with Crippen LogP contribution in [0.3, 0.4) is 0 Å². The lowest BCUT2D eigenvalue weighted by molar-refractivity contribution is 0.102. The average Bonchev–Trinajstić information content (AvgIpc) is 2.75. The molecule has 1 aromatic carbocycles. The van der Waals surface area contributed by atoms with Gasteiger partial charge in [0.15, 0.2) is 0 Å². The second-order valence-electron chi connectivity index (χ2n) is 7.22. The van der Waals surface area contributed by atoms with E-state index >= 15 is 0 Å². The van der Waals surface area contributed by atoms with Gasteiger partial charge in [-0.25, -0.2) is 13.8 Å². The summed E-state index contributed by atoms with van der Waals surface area (Å²) in [6, 6.07) is 3.52. The van der Waals surface area contributed by atoms with E-state index in [4.69, 9.17) is 39.4 Å². The molecule has 0 saturated carbocycles. The first-order valence-corrected chi connectivity index (χ1v) is 10.5. The molecule has 1 amide bonds. The van der Waals surface area contributed by atoms with Crippen molar-refractivity contribution in [2.75, 3.05) is 18.2 Å². The summed E-state index contributed by atoms with van der Waals surface area (Å²) in [4.78, 5) is 33.9. The first kappa shape index (κ1) is 25.5. The molecule has 9 nitrogen and oxygen atoms in total. The number of amides is 1. The Labute approximate surface area is 202 Å². The Balaban J connectivity index is 1.96. The molecule has 0 aliphatic rings. The van der Waals surface area contributed by atoms with Crippen molar-refractivity contribution in [1.29, 1.82) is 0 Å². The van der Waals surface area contributed by atoms with E-state index in [1.165, 1.54) is 25.6 Å². The van der Waals surface area contributed by atoms with Crippen LogP contribution in [0.15, 0.2) is 41.7 Å². The number of pyridine rings is 1. The minimum atomic E-state index is -2.61. The SMILES string of the molecule is COCc1cc(Cl)c(-n2cnc(N)c(C(=O)Nc3cncc([C@@H](N)CC(F)F)c3)c2=O)c(Cl)c1. The number of aromatic nitrogens is 3. The maximum atomic E-state index is 13.2. The van der Waals surface area contributed by atoms with Crippen LogP contribution in [0.5, 0.6) is 0 Å². The monoisotopic (exact) mass is 512 g/mol. The lowest BCUT2D eigenvalue weighted by Gasteiger charge is -2.15. The number of halogens is 4. The number of carbonyl (C=O) groups excluding carboxylic acids is 1. The van der Waals surface area contributed by atoms with Gasteiger partial charge in [-0.3, -0.25) is 19.1 Å². The number of nitrogens with one attached hydrogen (secondary N) is 1. The molecule has 3 aromatic rings. The Morgan fingerprint density at radius 1 is 1.24 bits per heavy atom. The van der Waals surface area contributed by atoms with Crippen molar-refractivity contribution in [2.24, 2.45) is 5.73 Å². The first-order chi connectivity index (χ1) is 16.1. The van der Waals surface area contributed by atoms with Gasteiger partial charge in [0, 0.05) is 25.8 Å². The Morgan fingerprint density at radius 2 is 1.91 bits per heavy atom. The number of nitrogens with two attached hydrogens (primary N) is 2. The van der Waals surface area contributed by atoms with Crippen molar-refractivity contribution in [3.05, 3.63) is 74.0 Å². The van der Waals surface area contributed by atoms with Crippen molar-refractivity contribution < 1.29 is 18.3 Å². The zero-order valence-electron chi connectivity index (χ0n) is 17.8. The molecule has 0 radical (unpaired) electrons. The van der Waals surface area contributed by atoms with Gasteiger partial charge in [-0.15, -0.1) is 0 Å². The number of nitrogens with zero attached hydrogens (tertiary/aromatic N) is 3. The minimum absolute atomic E-state index is 0.108. The molecule has 0 aliphatic carbocycles. The highest BCUT2D eigenvalue weighted by Crippen LogP contribution is 2.30. The summed E-state index contributed by atoms with van der Waals surface area (Å²) in [5, 5.41) is 2.72. The molecule has 1 atom stereocenters. The third-order valence-electron chi connectivity index (χ3n) is 4.73. The lowest BCUT2D eigenvalue weighted by atomic mass is 10.1. The number of anilines is 2. The maximum absolute atomic E-state index is 13.2. The van der Waals surface area contributed by atoms with E-state index in [0.29, 0.717) is 5.56 Å². The van der Waals surface area contributed by atoms with Crippen molar-refractivity contribution in [2.45, 2.75) is 25.5 Å². The van der Waals surface area contributed by atoms with E-state index in [1.54, 1.807) is 12.1 Å². The Kier molecular flexibility index (Phi) is 8.15. The highest BCUT2D eigenvalue weighted by molar-refractivity contribution is 6.37. The Hall–Kier alpha value is -3.12. The lowest BCUT2D eigenvalue weighted by Crippen LogP contribution is -2.31. The van der Waals surface area contributed by atoms with Crippen LogP contribution in [0.25, 0.3) is 5.69 Å². The van der Waals surface area contributed by atoms with Gasteiger partial charge in [-0.2, -0.15) is 0 Å². The predicted molar refractivity (Wildman–Crippen MR) is 125 cm³/mol. The van der Waals surface area contributed by atoms with E-state index < -0.39 is 35.9 Å². The average molecular weight is 513 g/mol. The number of rotatable bonds is 8. The molecule has 0 spiro atoms. The number of benzene rings is 1. The van der Waals surface area contributed by atoms with Gasteiger partial charge in [-0.05, 0) is 29.3 Å². The summed E-state index contributed by atoms with van der Waals surface area (Å²) in [7, 11) is 1.51. The fourth-order valence-corrected chi connectivity index (χ4v) is 3.90. The van der Waals surface area contributed by atoms with Gasteiger partial charge in [0.05, 0.1) is 34.2 Å². The fraction of sp³-hybridized carbons (Fsp3) is 0.238. The van der Waals surface area contributed by atoms with Crippen molar-refractivity contribution in [3.8, 4) is 5.69 Å². The van der Waals surface area contributed by atoms with E-state index in [-0.39, 0.29) is 39.4 Å². The summed E-state index contributed by atoms with van der Waals surface area (Å²) in [6.07, 6.45) is 0.492. The van der Waals surface area contributed by atoms with Crippen LogP contribution in [0.4, 0.5) is 20.3 Å². The standard InChI is InChI=1S/C21H20Cl2F2N6O3/c1-34-8-10-2-13(22)18(14(23)3-10)31-9-29-19(27)17(21(31)33)20(32)30-12-4-11(6-28-7-12)15(26)5-16(24)25/h2-4,6-7,9,15-16H,5,8,26-27H2,1H3,(H,30,32)/t15-/m0/s1. The molecular weight excluding hydrogens is 493 g/mol. The van der Waals surface area contributed by atoms with E-state index in [9.17, 15) is 18.4 Å².